The van der Waals surface area contributed by atoms with Gasteiger partial charge in [-0.3, -0.25) is 10.1 Å². The number of methoxy groups -OCH3 is 2. The SMILES string of the molecule is CCC(=O)Nc1cc(S(=O)(=O)c2cccc(C#N)c2)ccc1NC(=NC(=O)OC)NC(=O)OC. The molecule has 178 valence electrons. The molecule has 0 atom stereocenters. The number of alkyl carbamates (subject to hydrolysis) is 1. The number of ether oxygens (including phenoxy) is 2. The van der Waals surface area contributed by atoms with Crippen molar-refractivity contribution in [1.29, 1.82) is 5.26 Å². The van der Waals surface area contributed by atoms with Gasteiger partial charge in [-0.05, 0) is 36.4 Å². The first kappa shape index (κ1) is 25.8. The van der Waals surface area contributed by atoms with Gasteiger partial charge in [0.2, 0.25) is 21.7 Å². The van der Waals surface area contributed by atoms with E-state index in [9.17, 15) is 22.8 Å². The molecular weight excluding hydrogens is 466 g/mol. The molecule has 0 aliphatic carbocycles. The smallest absolute Gasteiger partial charge is 0.436 e. The summed E-state index contributed by atoms with van der Waals surface area (Å²) in [4.78, 5) is 38.5. The van der Waals surface area contributed by atoms with Gasteiger partial charge in [-0.1, -0.05) is 13.0 Å². The molecule has 2 aromatic rings. The third-order valence-electron chi connectivity index (χ3n) is 4.21. The Labute approximate surface area is 195 Å². The van der Waals surface area contributed by atoms with Crippen molar-refractivity contribution in [3.8, 4) is 6.07 Å². The number of sulfone groups is 1. The Morgan fingerprint density at radius 3 is 2.32 bits per heavy atom. The van der Waals surface area contributed by atoms with E-state index in [-0.39, 0.29) is 33.2 Å². The van der Waals surface area contributed by atoms with Crippen molar-refractivity contribution >= 4 is 45.3 Å². The average Bonchev–Trinajstić information content (AvgIpc) is 2.84. The maximum Gasteiger partial charge on any atom is 0.436 e. The fourth-order valence-electron chi connectivity index (χ4n) is 2.51. The zero-order chi connectivity index (χ0) is 25.3. The summed E-state index contributed by atoms with van der Waals surface area (Å²) in [5.41, 5.74) is 0.288. The highest BCUT2D eigenvalue weighted by Gasteiger charge is 2.21. The van der Waals surface area contributed by atoms with E-state index in [2.05, 4.69) is 30.4 Å². The molecule has 34 heavy (non-hydrogen) atoms. The molecule has 0 radical (unpaired) electrons. The molecular formula is C21H21N5O7S. The van der Waals surface area contributed by atoms with Crippen molar-refractivity contribution in [2.45, 2.75) is 23.1 Å². The molecule has 3 N–H and O–H groups in total. The minimum atomic E-state index is -4.05. The van der Waals surface area contributed by atoms with Crippen LogP contribution in [0, 0.1) is 11.3 Å². The van der Waals surface area contributed by atoms with Crippen LogP contribution in [0.4, 0.5) is 21.0 Å². The maximum absolute atomic E-state index is 13.1. The van der Waals surface area contributed by atoms with Crippen LogP contribution in [0.25, 0.3) is 0 Å². The van der Waals surface area contributed by atoms with Crippen LogP contribution in [0.5, 0.6) is 0 Å². The number of anilines is 2. The Balaban J connectivity index is 2.56. The normalized spacial score (nSPS) is 11.1. The number of nitrogens with one attached hydrogen (secondary N) is 3. The van der Waals surface area contributed by atoms with Gasteiger partial charge >= 0.3 is 12.2 Å². The quantitative estimate of drug-likeness (QED) is 0.422. The number of aliphatic imine (C=N–C) groups is 1. The number of hydrogen-bond acceptors (Lipinski definition) is 8. The molecule has 0 saturated carbocycles. The minimum Gasteiger partial charge on any atom is -0.453 e. The topological polar surface area (TPSA) is 176 Å². The van der Waals surface area contributed by atoms with Crippen molar-refractivity contribution in [3.05, 3.63) is 48.0 Å². The summed E-state index contributed by atoms with van der Waals surface area (Å²) in [5.74, 6) is -0.834. The Morgan fingerprint density at radius 2 is 1.71 bits per heavy atom. The molecule has 0 saturated heterocycles. The second-order valence-electron chi connectivity index (χ2n) is 6.42. The lowest BCUT2D eigenvalue weighted by Gasteiger charge is -2.16. The minimum absolute atomic E-state index is 0.0218. The summed E-state index contributed by atoms with van der Waals surface area (Å²) < 4.78 is 35.2. The zero-order valence-electron chi connectivity index (χ0n) is 18.4. The summed E-state index contributed by atoms with van der Waals surface area (Å²) in [6.45, 7) is 1.60. The zero-order valence-corrected chi connectivity index (χ0v) is 19.2. The van der Waals surface area contributed by atoms with E-state index in [1.54, 1.807) is 6.92 Å². The molecule has 12 nitrogen and oxygen atoms in total. The van der Waals surface area contributed by atoms with Crippen LogP contribution in [-0.4, -0.2) is 46.7 Å². The number of amides is 3. The molecule has 0 fully saturated rings. The molecule has 2 aromatic carbocycles. The van der Waals surface area contributed by atoms with Crippen molar-refractivity contribution in [1.82, 2.24) is 5.32 Å². The van der Waals surface area contributed by atoms with Crippen molar-refractivity contribution in [2.75, 3.05) is 24.9 Å². The molecule has 3 amide bonds. The van der Waals surface area contributed by atoms with Crippen LogP contribution in [-0.2, 0) is 24.1 Å². The number of guanidine groups is 1. The van der Waals surface area contributed by atoms with E-state index in [0.29, 0.717) is 0 Å². The van der Waals surface area contributed by atoms with Crippen molar-refractivity contribution < 1.29 is 32.3 Å². The van der Waals surface area contributed by atoms with Gasteiger partial charge in [-0.15, -0.1) is 4.99 Å². The van der Waals surface area contributed by atoms with Crippen LogP contribution >= 0.6 is 0 Å². The van der Waals surface area contributed by atoms with E-state index in [1.807, 2.05) is 6.07 Å². The number of hydrogen-bond donors (Lipinski definition) is 3. The van der Waals surface area contributed by atoms with Gasteiger partial charge in [0.25, 0.3) is 0 Å². The van der Waals surface area contributed by atoms with Gasteiger partial charge in [-0.25, -0.2) is 18.0 Å². The van der Waals surface area contributed by atoms with E-state index in [0.717, 1.165) is 14.2 Å². The van der Waals surface area contributed by atoms with E-state index in [4.69, 9.17) is 5.26 Å². The maximum atomic E-state index is 13.1. The predicted molar refractivity (Wildman–Crippen MR) is 121 cm³/mol. The van der Waals surface area contributed by atoms with Crippen molar-refractivity contribution in [3.63, 3.8) is 0 Å². The average molecular weight is 487 g/mol. The van der Waals surface area contributed by atoms with E-state index >= 15 is 0 Å². The van der Waals surface area contributed by atoms with Gasteiger partial charge in [0.15, 0.2) is 0 Å². The van der Waals surface area contributed by atoms with Crippen LogP contribution in [0.2, 0.25) is 0 Å². The summed E-state index contributed by atoms with van der Waals surface area (Å²) in [6.07, 6.45) is -1.91. The Bertz CT molecular complexity index is 1280. The molecule has 0 spiro atoms. The number of nitriles is 1. The van der Waals surface area contributed by atoms with Crippen LogP contribution in [0.15, 0.2) is 57.2 Å². The summed E-state index contributed by atoms with van der Waals surface area (Å²) >= 11 is 0. The fraction of sp³-hybridized carbons (Fsp3) is 0.190. The number of carbonyl (C=O) groups excluding carboxylic acids is 3. The van der Waals surface area contributed by atoms with E-state index in [1.165, 1.54) is 42.5 Å². The number of benzene rings is 2. The van der Waals surface area contributed by atoms with Gasteiger partial charge in [-0.2, -0.15) is 5.26 Å². The molecule has 0 bridgehead atoms. The standard InChI is InChI=1S/C21H21N5O7S/c1-4-18(27)23-17-11-15(34(30,31)14-7-5-6-13(10-14)12-22)8-9-16(17)24-19(25-20(28)32-2)26-21(29)33-3/h5-11H,4H2,1-3H3,(H,23,27)(H2,24,25,26,28,29). The Hall–Kier alpha value is -4.44. The molecule has 0 aliphatic rings. The third-order valence-corrected chi connectivity index (χ3v) is 5.96. The second-order valence-corrected chi connectivity index (χ2v) is 8.37. The molecule has 13 heteroatoms. The highest BCUT2D eigenvalue weighted by atomic mass is 32.2. The first-order chi connectivity index (χ1) is 16.1. The third kappa shape index (κ3) is 6.53. The fourth-order valence-corrected chi connectivity index (χ4v) is 3.84. The van der Waals surface area contributed by atoms with Crippen molar-refractivity contribution in [2.24, 2.45) is 4.99 Å². The second kappa shape index (κ2) is 11.4. The molecule has 2 rings (SSSR count). The predicted octanol–water partition coefficient (Wildman–Crippen LogP) is 2.63. The van der Waals surface area contributed by atoms with Crippen LogP contribution < -0.4 is 16.0 Å². The first-order valence-corrected chi connectivity index (χ1v) is 11.1. The first-order valence-electron chi connectivity index (χ1n) is 9.62. The molecule has 0 unspecified atom stereocenters. The van der Waals surface area contributed by atoms with Gasteiger partial charge < -0.3 is 20.1 Å². The Kier molecular flexibility index (Phi) is 8.68. The summed E-state index contributed by atoms with van der Waals surface area (Å²) in [5, 5.41) is 16.4. The molecule has 0 aliphatic heterocycles. The van der Waals surface area contributed by atoms with Gasteiger partial charge in [0, 0.05) is 6.42 Å². The van der Waals surface area contributed by atoms with Crippen LogP contribution in [0.3, 0.4) is 0 Å². The van der Waals surface area contributed by atoms with Gasteiger partial charge in [0.1, 0.15) is 0 Å². The lowest BCUT2D eigenvalue weighted by molar-refractivity contribution is -0.115. The highest BCUT2D eigenvalue weighted by molar-refractivity contribution is 7.91. The van der Waals surface area contributed by atoms with Gasteiger partial charge in [0.05, 0.1) is 47.0 Å². The van der Waals surface area contributed by atoms with Crippen LogP contribution in [0.1, 0.15) is 18.9 Å². The largest absolute Gasteiger partial charge is 0.453 e. The molecule has 0 heterocycles. The monoisotopic (exact) mass is 487 g/mol. The Morgan fingerprint density at radius 1 is 1.00 bits per heavy atom. The number of nitrogens with zero attached hydrogens (tertiary/aromatic N) is 2. The number of carbonyl (C=O) groups is 3. The lowest BCUT2D eigenvalue weighted by atomic mass is 10.2. The number of rotatable bonds is 5. The summed E-state index contributed by atoms with van der Waals surface area (Å²) in [7, 11) is -1.88. The highest BCUT2D eigenvalue weighted by Crippen LogP contribution is 2.29. The van der Waals surface area contributed by atoms with E-state index < -0.39 is 33.9 Å². The molecule has 0 aromatic heterocycles. The lowest BCUT2D eigenvalue weighted by Crippen LogP contribution is -2.36. The summed E-state index contributed by atoms with van der Waals surface area (Å²) in [6, 6.07) is 11.1.